The Labute approximate surface area is 254 Å². The lowest BCUT2D eigenvalue weighted by atomic mass is 10.1. The van der Waals surface area contributed by atoms with Gasteiger partial charge in [-0.25, -0.2) is 8.42 Å². The molecule has 1 atom stereocenters. The molecule has 2 amide bonds. The van der Waals surface area contributed by atoms with E-state index in [4.69, 9.17) is 14.2 Å². The minimum Gasteiger partial charge on any atom is -0.497 e. The molecule has 3 rings (SSSR count). The average Bonchev–Trinajstić information content (AvgIpc) is 3.02. The molecule has 0 aliphatic rings. The van der Waals surface area contributed by atoms with Gasteiger partial charge >= 0.3 is 0 Å². The third kappa shape index (κ3) is 8.41. The second-order valence-corrected chi connectivity index (χ2v) is 12.2. The van der Waals surface area contributed by atoms with Crippen molar-refractivity contribution in [2.24, 2.45) is 5.92 Å². The molecule has 0 bridgehead atoms. The molecule has 0 saturated carbocycles. The van der Waals surface area contributed by atoms with Gasteiger partial charge < -0.3 is 24.4 Å². The molecule has 232 valence electrons. The molecule has 0 fully saturated rings. The Hall–Kier alpha value is -4.25. The Balaban J connectivity index is 2.08. The van der Waals surface area contributed by atoms with E-state index in [-0.39, 0.29) is 29.0 Å². The zero-order valence-electron chi connectivity index (χ0n) is 25.6. The van der Waals surface area contributed by atoms with Crippen LogP contribution in [0.4, 0.5) is 5.69 Å². The number of methoxy groups -OCH3 is 3. The van der Waals surface area contributed by atoms with Gasteiger partial charge in [0.1, 0.15) is 18.3 Å². The number of benzene rings is 3. The maximum Gasteiger partial charge on any atom is 0.264 e. The summed E-state index contributed by atoms with van der Waals surface area (Å²) in [5.41, 5.74) is 0.962. The van der Waals surface area contributed by atoms with Gasteiger partial charge in [0.05, 0.1) is 31.9 Å². The zero-order chi connectivity index (χ0) is 31.6. The lowest BCUT2D eigenvalue weighted by Gasteiger charge is -2.33. The highest BCUT2D eigenvalue weighted by Crippen LogP contribution is 2.34. The van der Waals surface area contributed by atoms with Crippen LogP contribution in [0.3, 0.4) is 0 Å². The fraction of sp³-hybridized carbons (Fsp3) is 0.375. The molecule has 0 aliphatic carbocycles. The molecule has 0 spiro atoms. The molecular formula is C32H41N3O7S. The van der Waals surface area contributed by atoms with Crippen molar-refractivity contribution < 1.29 is 32.2 Å². The van der Waals surface area contributed by atoms with E-state index in [2.05, 4.69) is 5.32 Å². The molecule has 43 heavy (non-hydrogen) atoms. The molecule has 0 aromatic heterocycles. The van der Waals surface area contributed by atoms with Crippen LogP contribution < -0.4 is 23.8 Å². The van der Waals surface area contributed by atoms with Crippen LogP contribution in [0.1, 0.15) is 32.8 Å². The van der Waals surface area contributed by atoms with Crippen LogP contribution in [0.25, 0.3) is 0 Å². The van der Waals surface area contributed by atoms with Crippen LogP contribution >= 0.6 is 0 Å². The number of nitrogens with zero attached hydrogens (tertiary/aromatic N) is 2. The van der Waals surface area contributed by atoms with Crippen LogP contribution in [0.15, 0.2) is 77.7 Å². The van der Waals surface area contributed by atoms with Gasteiger partial charge in [-0.3, -0.25) is 13.9 Å². The average molecular weight is 612 g/mol. The second kappa shape index (κ2) is 15.3. The van der Waals surface area contributed by atoms with Crippen LogP contribution in [0.5, 0.6) is 17.2 Å². The number of amides is 2. The summed E-state index contributed by atoms with van der Waals surface area (Å²) in [5, 5.41) is 2.93. The highest BCUT2D eigenvalue weighted by molar-refractivity contribution is 7.92. The van der Waals surface area contributed by atoms with E-state index in [0.717, 1.165) is 9.87 Å². The number of sulfonamides is 1. The van der Waals surface area contributed by atoms with Crippen molar-refractivity contribution in [3.05, 3.63) is 78.4 Å². The van der Waals surface area contributed by atoms with E-state index in [0.29, 0.717) is 30.2 Å². The number of anilines is 1. The van der Waals surface area contributed by atoms with E-state index in [1.165, 1.54) is 37.3 Å². The summed E-state index contributed by atoms with van der Waals surface area (Å²) in [6.07, 6.45) is 0.327. The highest BCUT2D eigenvalue weighted by Gasteiger charge is 2.34. The molecule has 0 unspecified atom stereocenters. The van der Waals surface area contributed by atoms with E-state index in [1.807, 2.05) is 32.9 Å². The van der Waals surface area contributed by atoms with E-state index in [9.17, 15) is 18.0 Å². The van der Waals surface area contributed by atoms with Gasteiger partial charge in [-0.05, 0) is 54.3 Å². The Morgan fingerprint density at radius 3 is 2.07 bits per heavy atom. The summed E-state index contributed by atoms with van der Waals surface area (Å²) in [4.78, 5) is 29.0. The maximum absolute atomic E-state index is 14.2. The number of rotatable bonds is 15. The number of hydrogen-bond donors (Lipinski definition) is 1. The summed E-state index contributed by atoms with van der Waals surface area (Å²) in [5.74, 6) is 0.720. The van der Waals surface area contributed by atoms with Crippen LogP contribution in [0.2, 0.25) is 0 Å². The van der Waals surface area contributed by atoms with Gasteiger partial charge in [-0.15, -0.1) is 0 Å². The highest BCUT2D eigenvalue weighted by atomic mass is 32.2. The second-order valence-electron chi connectivity index (χ2n) is 10.3. The van der Waals surface area contributed by atoms with Gasteiger partial charge in [-0.1, -0.05) is 51.1 Å². The van der Waals surface area contributed by atoms with E-state index >= 15 is 0 Å². The first-order valence-corrected chi connectivity index (χ1v) is 15.5. The van der Waals surface area contributed by atoms with Crippen molar-refractivity contribution in [2.45, 2.75) is 44.7 Å². The van der Waals surface area contributed by atoms with Gasteiger partial charge in [0, 0.05) is 19.2 Å². The minimum atomic E-state index is -4.21. The first-order valence-electron chi connectivity index (χ1n) is 14.1. The van der Waals surface area contributed by atoms with E-state index in [1.54, 1.807) is 49.6 Å². The van der Waals surface area contributed by atoms with Crippen molar-refractivity contribution >= 4 is 27.5 Å². The summed E-state index contributed by atoms with van der Waals surface area (Å²) >= 11 is 0. The maximum atomic E-state index is 14.2. The number of nitrogens with one attached hydrogen (secondary N) is 1. The largest absolute Gasteiger partial charge is 0.497 e. The zero-order valence-corrected chi connectivity index (χ0v) is 26.4. The normalized spacial score (nSPS) is 11.9. The summed E-state index contributed by atoms with van der Waals surface area (Å²) < 4.78 is 45.1. The first kappa shape index (κ1) is 33.3. The van der Waals surface area contributed by atoms with Crippen LogP contribution in [-0.2, 0) is 26.2 Å². The fourth-order valence-corrected chi connectivity index (χ4v) is 5.93. The Kier molecular flexibility index (Phi) is 11.8. The first-order chi connectivity index (χ1) is 20.5. The summed E-state index contributed by atoms with van der Waals surface area (Å²) in [6.45, 7) is 5.76. The molecule has 11 heteroatoms. The third-order valence-corrected chi connectivity index (χ3v) is 8.64. The van der Waals surface area contributed by atoms with Gasteiger partial charge in [0.25, 0.3) is 10.0 Å². The number of hydrogen-bond acceptors (Lipinski definition) is 7. The van der Waals surface area contributed by atoms with Gasteiger partial charge in [-0.2, -0.15) is 0 Å². The molecule has 0 aliphatic heterocycles. The number of carbonyl (C=O) groups is 2. The van der Waals surface area contributed by atoms with Crippen molar-refractivity contribution in [3.63, 3.8) is 0 Å². The Morgan fingerprint density at radius 2 is 1.51 bits per heavy atom. The van der Waals surface area contributed by atoms with Crippen molar-refractivity contribution in [2.75, 3.05) is 38.7 Å². The number of ether oxygens (including phenoxy) is 3. The molecule has 0 heterocycles. The minimum absolute atomic E-state index is 0.0148. The molecule has 10 nitrogen and oxygen atoms in total. The summed E-state index contributed by atoms with van der Waals surface area (Å²) in [7, 11) is 0.275. The van der Waals surface area contributed by atoms with Gasteiger partial charge in [0.2, 0.25) is 11.8 Å². The fourth-order valence-electron chi connectivity index (χ4n) is 4.50. The number of carbonyl (C=O) groups excluding carboxylic acids is 2. The monoisotopic (exact) mass is 611 g/mol. The predicted molar refractivity (Wildman–Crippen MR) is 166 cm³/mol. The van der Waals surface area contributed by atoms with Crippen molar-refractivity contribution in [3.8, 4) is 17.2 Å². The van der Waals surface area contributed by atoms with Gasteiger partial charge in [0.15, 0.2) is 11.5 Å². The topological polar surface area (TPSA) is 114 Å². The standard InChI is InChI=1S/C32H41N3O7S/c1-7-28(32(37)33-20-23(2)3)34(21-24-13-16-26(40-4)17-14-24)31(36)22-35(43(38,39)27-11-9-8-10-12-27)25-15-18-29(41-5)30(19-25)42-6/h8-19,23,28H,7,20-22H2,1-6H3,(H,33,37)/t28-/m0/s1. The Bertz CT molecular complexity index is 1460. The van der Waals surface area contributed by atoms with E-state index < -0.39 is 28.5 Å². The molecule has 0 radical (unpaired) electrons. The third-order valence-electron chi connectivity index (χ3n) is 6.85. The van der Waals surface area contributed by atoms with Crippen LogP contribution in [-0.4, -0.2) is 65.6 Å². The predicted octanol–water partition coefficient (Wildman–Crippen LogP) is 4.49. The van der Waals surface area contributed by atoms with Crippen molar-refractivity contribution in [1.29, 1.82) is 0 Å². The lowest BCUT2D eigenvalue weighted by Crippen LogP contribution is -2.52. The Morgan fingerprint density at radius 1 is 0.860 bits per heavy atom. The van der Waals surface area contributed by atoms with Crippen LogP contribution in [0, 0.1) is 5.92 Å². The molecule has 3 aromatic carbocycles. The summed E-state index contributed by atoms with van der Waals surface area (Å²) in [6, 6.07) is 18.8. The molecular weight excluding hydrogens is 570 g/mol. The molecule has 1 N–H and O–H groups in total. The quantitative estimate of drug-likeness (QED) is 0.269. The van der Waals surface area contributed by atoms with Crippen molar-refractivity contribution in [1.82, 2.24) is 10.2 Å². The molecule has 0 saturated heterocycles. The smallest absolute Gasteiger partial charge is 0.264 e. The lowest BCUT2D eigenvalue weighted by molar-refractivity contribution is -0.140. The SMILES string of the molecule is CC[C@@H](C(=O)NCC(C)C)N(Cc1ccc(OC)cc1)C(=O)CN(c1ccc(OC)c(OC)c1)S(=O)(=O)c1ccccc1. The molecule has 3 aromatic rings.